The molecule has 1 aromatic rings. The second kappa shape index (κ2) is 5.52. The lowest BCUT2D eigenvalue weighted by Crippen LogP contribution is -2.08. The van der Waals surface area contributed by atoms with Crippen molar-refractivity contribution in [2.24, 2.45) is 0 Å². The molecule has 0 aromatic heterocycles. The zero-order valence-corrected chi connectivity index (χ0v) is 10.4. The van der Waals surface area contributed by atoms with Crippen molar-refractivity contribution in [1.82, 2.24) is 0 Å². The highest BCUT2D eigenvalue weighted by atomic mass is 35.5. The summed E-state index contributed by atoms with van der Waals surface area (Å²) in [6.45, 7) is -0.160. The molecular formula is C10H13ClO4S. The quantitative estimate of drug-likeness (QED) is 0.876. The van der Waals surface area contributed by atoms with Gasteiger partial charge in [0.1, 0.15) is 5.75 Å². The van der Waals surface area contributed by atoms with E-state index >= 15 is 0 Å². The zero-order chi connectivity index (χ0) is 12.2. The van der Waals surface area contributed by atoms with Gasteiger partial charge in [0.05, 0.1) is 22.8 Å². The number of rotatable bonds is 5. The van der Waals surface area contributed by atoms with Gasteiger partial charge >= 0.3 is 0 Å². The van der Waals surface area contributed by atoms with Crippen LogP contribution in [0.25, 0.3) is 0 Å². The molecule has 16 heavy (non-hydrogen) atoms. The molecule has 0 aliphatic carbocycles. The lowest BCUT2D eigenvalue weighted by atomic mass is 10.3. The molecule has 0 aliphatic rings. The van der Waals surface area contributed by atoms with E-state index in [4.69, 9.17) is 21.4 Å². The molecule has 0 aliphatic heterocycles. The van der Waals surface area contributed by atoms with Crippen molar-refractivity contribution in [1.29, 1.82) is 0 Å². The second-order valence-corrected chi connectivity index (χ2v) is 5.68. The largest absolute Gasteiger partial charge is 0.497 e. The first-order valence-corrected chi connectivity index (χ1v) is 6.71. The Balaban J connectivity index is 3.04. The molecule has 0 unspecified atom stereocenters. The van der Waals surface area contributed by atoms with Crippen molar-refractivity contribution < 1.29 is 18.3 Å². The van der Waals surface area contributed by atoms with Crippen molar-refractivity contribution in [3.05, 3.63) is 23.2 Å². The normalized spacial score (nSPS) is 11.4. The van der Waals surface area contributed by atoms with E-state index in [1.165, 1.54) is 25.3 Å². The highest BCUT2D eigenvalue weighted by Crippen LogP contribution is 2.27. The van der Waals surface area contributed by atoms with Gasteiger partial charge in [0.25, 0.3) is 0 Å². The van der Waals surface area contributed by atoms with E-state index in [9.17, 15) is 8.42 Å². The number of hydrogen-bond donors (Lipinski definition) is 1. The van der Waals surface area contributed by atoms with Gasteiger partial charge < -0.3 is 9.84 Å². The van der Waals surface area contributed by atoms with Crippen molar-refractivity contribution in [3.63, 3.8) is 0 Å². The molecule has 0 amide bonds. The lowest BCUT2D eigenvalue weighted by Gasteiger charge is -2.07. The van der Waals surface area contributed by atoms with Crippen LogP contribution in [0.15, 0.2) is 23.1 Å². The number of sulfone groups is 1. The van der Waals surface area contributed by atoms with Crippen LogP contribution in [-0.4, -0.2) is 33.0 Å². The van der Waals surface area contributed by atoms with Gasteiger partial charge in [0.15, 0.2) is 9.84 Å². The molecule has 0 saturated heterocycles. The summed E-state index contributed by atoms with van der Waals surface area (Å²) in [5.41, 5.74) is 0. The Morgan fingerprint density at radius 3 is 2.62 bits per heavy atom. The molecule has 1 N–H and O–H groups in total. The topological polar surface area (TPSA) is 63.6 Å². The number of aliphatic hydroxyl groups is 1. The molecule has 0 radical (unpaired) electrons. The van der Waals surface area contributed by atoms with Crippen molar-refractivity contribution in [2.75, 3.05) is 19.5 Å². The first kappa shape index (κ1) is 13.3. The molecule has 1 rings (SSSR count). The predicted molar refractivity (Wildman–Crippen MR) is 61.8 cm³/mol. The summed E-state index contributed by atoms with van der Waals surface area (Å²) in [5, 5.41) is 8.75. The monoisotopic (exact) mass is 264 g/mol. The standard InChI is InChI=1S/C10H13ClO4S/c1-15-8-3-4-10(9(11)7-8)16(13,14)6-2-5-12/h3-4,7,12H,2,5-6H2,1H3. The average Bonchev–Trinajstić information content (AvgIpc) is 2.25. The molecule has 6 heteroatoms. The molecule has 0 spiro atoms. The maximum atomic E-state index is 11.8. The van der Waals surface area contributed by atoms with Crippen molar-refractivity contribution in [3.8, 4) is 5.75 Å². The number of halogens is 1. The molecule has 4 nitrogen and oxygen atoms in total. The smallest absolute Gasteiger partial charge is 0.179 e. The molecular weight excluding hydrogens is 252 g/mol. The maximum absolute atomic E-state index is 11.8. The Morgan fingerprint density at radius 2 is 2.12 bits per heavy atom. The van der Waals surface area contributed by atoms with E-state index in [1.54, 1.807) is 0 Å². The minimum atomic E-state index is -3.43. The number of ether oxygens (including phenoxy) is 1. The van der Waals surface area contributed by atoms with Gasteiger partial charge in [-0.2, -0.15) is 0 Å². The van der Waals surface area contributed by atoms with E-state index < -0.39 is 9.84 Å². The zero-order valence-electron chi connectivity index (χ0n) is 8.81. The first-order chi connectivity index (χ1) is 7.51. The molecule has 0 saturated carbocycles. The third-order valence-electron chi connectivity index (χ3n) is 2.05. The van der Waals surface area contributed by atoms with Crippen LogP contribution in [0.4, 0.5) is 0 Å². The lowest BCUT2D eigenvalue weighted by molar-refractivity contribution is 0.295. The number of benzene rings is 1. The van der Waals surface area contributed by atoms with Gasteiger partial charge in [-0.25, -0.2) is 8.42 Å². The first-order valence-electron chi connectivity index (χ1n) is 4.68. The summed E-state index contributed by atoms with van der Waals surface area (Å²) >= 11 is 5.85. The van der Waals surface area contributed by atoms with E-state index in [0.717, 1.165) is 0 Å². The minimum Gasteiger partial charge on any atom is -0.497 e. The Morgan fingerprint density at radius 1 is 1.44 bits per heavy atom. The van der Waals surface area contributed by atoms with Crippen LogP contribution in [0, 0.1) is 0 Å². The Bertz CT molecular complexity index is 456. The van der Waals surface area contributed by atoms with Crippen molar-refractivity contribution >= 4 is 21.4 Å². The van der Waals surface area contributed by atoms with Gasteiger partial charge in [-0.05, 0) is 18.6 Å². The maximum Gasteiger partial charge on any atom is 0.179 e. The summed E-state index contributed by atoms with van der Waals surface area (Å²) in [4.78, 5) is 0.0726. The van der Waals surface area contributed by atoms with Crippen LogP contribution >= 0.6 is 11.6 Å². The van der Waals surface area contributed by atoms with E-state index in [1.807, 2.05) is 0 Å². The molecule has 1 aromatic carbocycles. The number of hydrogen-bond acceptors (Lipinski definition) is 4. The van der Waals surface area contributed by atoms with E-state index in [2.05, 4.69) is 0 Å². The Hall–Kier alpha value is -0.780. The molecule has 90 valence electrons. The van der Waals surface area contributed by atoms with Crippen LogP contribution in [-0.2, 0) is 9.84 Å². The van der Waals surface area contributed by atoms with Gasteiger partial charge in [-0.15, -0.1) is 0 Å². The molecule has 0 atom stereocenters. The van der Waals surface area contributed by atoms with E-state index in [-0.39, 0.29) is 28.7 Å². The fourth-order valence-corrected chi connectivity index (χ4v) is 3.11. The average molecular weight is 265 g/mol. The Labute approximate surface area is 99.7 Å². The van der Waals surface area contributed by atoms with Gasteiger partial charge in [0.2, 0.25) is 0 Å². The minimum absolute atomic E-state index is 0.0726. The van der Waals surface area contributed by atoms with Crippen molar-refractivity contribution in [2.45, 2.75) is 11.3 Å². The highest BCUT2D eigenvalue weighted by molar-refractivity contribution is 7.91. The summed E-state index contributed by atoms with van der Waals surface area (Å²) in [7, 11) is -1.95. The second-order valence-electron chi connectivity index (χ2n) is 3.19. The third kappa shape index (κ3) is 3.10. The fraction of sp³-hybridized carbons (Fsp3) is 0.400. The molecule has 0 heterocycles. The summed E-state index contributed by atoms with van der Waals surface area (Å²) in [5.74, 6) is 0.390. The predicted octanol–water partition coefficient (Wildman–Crippen LogP) is 1.50. The van der Waals surface area contributed by atoms with Gasteiger partial charge in [-0.1, -0.05) is 11.6 Å². The SMILES string of the molecule is COc1ccc(S(=O)(=O)CCCO)c(Cl)c1. The highest BCUT2D eigenvalue weighted by Gasteiger charge is 2.17. The molecule has 0 bridgehead atoms. The van der Waals surface area contributed by atoms with E-state index in [0.29, 0.717) is 5.75 Å². The van der Waals surface area contributed by atoms with Crippen LogP contribution in [0.5, 0.6) is 5.75 Å². The number of methoxy groups -OCH3 is 1. The van der Waals surface area contributed by atoms with Gasteiger partial charge in [0, 0.05) is 12.7 Å². The van der Waals surface area contributed by atoms with Crippen LogP contribution in [0.2, 0.25) is 5.02 Å². The molecule has 0 fully saturated rings. The fourth-order valence-electron chi connectivity index (χ4n) is 1.23. The van der Waals surface area contributed by atoms with Crippen LogP contribution in [0.3, 0.4) is 0 Å². The third-order valence-corrected chi connectivity index (χ3v) is 4.32. The van der Waals surface area contributed by atoms with Crippen LogP contribution in [0.1, 0.15) is 6.42 Å². The number of aliphatic hydroxyl groups excluding tert-OH is 1. The summed E-state index contributed by atoms with van der Waals surface area (Å²) in [6.07, 6.45) is 0.199. The summed E-state index contributed by atoms with van der Waals surface area (Å²) < 4.78 is 28.5. The van der Waals surface area contributed by atoms with Gasteiger partial charge in [-0.3, -0.25) is 0 Å². The Kier molecular flexibility index (Phi) is 4.58. The summed E-state index contributed by atoms with van der Waals surface area (Å²) in [6, 6.07) is 4.40. The van der Waals surface area contributed by atoms with Crippen LogP contribution < -0.4 is 4.74 Å².